The van der Waals surface area contributed by atoms with E-state index in [9.17, 15) is 5.11 Å². The lowest BCUT2D eigenvalue weighted by atomic mass is 10.0. The molecule has 0 amide bonds. The van der Waals surface area contributed by atoms with E-state index in [0.29, 0.717) is 11.6 Å². The van der Waals surface area contributed by atoms with E-state index in [1.54, 1.807) is 6.07 Å². The van der Waals surface area contributed by atoms with E-state index in [4.69, 9.17) is 23.2 Å². The van der Waals surface area contributed by atoms with Crippen molar-refractivity contribution in [3.8, 4) is 5.75 Å². The van der Waals surface area contributed by atoms with Gasteiger partial charge in [0.25, 0.3) is 0 Å². The summed E-state index contributed by atoms with van der Waals surface area (Å²) in [7, 11) is 0. The van der Waals surface area contributed by atoms with Crippen LogP contribution in [0.25, 0.3) is 0 Å². The van der Waals surface area contributed by atoms with Crippen molar-refractivity contribution in [2.45, 2.75) is 25.9 Å². The van der Waals surface area contributed by atoms with Gasteiger partial charge in [0, 0.05) is 23.2 Å². The van der Waals surface area contributed by atoms with Crippen molar-refractivity contribution >= 4 is 23.2 Å². The number of halogens is 2. The maximum absolute atomic E-state index is 9.90. The molecule has 0 fully saturated rings. The molecule has 2 nitrogen and oxygen atoms in total. The Balaban J connectivity index is 2.10. The van der Waals surface area contributed by atoms with Gasteiger partial charge in [-0.3, -0.25) is 0 Å². The predicted octanol–water partition coefficient (Wildman–Crippen LogP) is 4.94. The third-order valence-electron chi connectivity index (χ3n) is 3.27. The minimum atomic E-state index is 0.141. The molecule has 0 spiro atoms. The molecule has 2 rings (SSSR count). The summed E-state index contributed by atoms with van der Waals surface area (Å²) in [5, 5.41) is 14.4. The lowest BCUT2D eigenvalue weighted by Crippen LogP contribution is -2.20. The Labute approximate surface area is 129 Å². The fraction of sp³-hybridized carbons (Fsp3) is 0.250. The molecule has 4 heteroatoms. The molecule has 106 valence electrons. The average Bonchev–Trinajstić information content (AvgIpc) is 2.44. The molecule has 0 saturated heterocycles. The SMILES string of the molecule is CCC(NCc1cccc(Cl)c1O)c1cccc(Cl)c1. The van der Waals surface area contributed by atoms with E-state index in [0.717, 1.165) is 22.6 Å². The predicted molar refractivity (Wildman–Crippen MR) is 84.4 cm³/mol. The Bertz CT molecular complexity index is 586. The highest BCUT2D eigenvalue weighted by Gasteiger charge is 2.11. The van der Waals surface area contributed by atoms with Crippen LogP contribution in [0.15, 0.2) is 42.5 Å². The summed E-state index contributed by atoms with van der Waals surface area (Å²) in [6.45, 7) is 2.66. The van der Waals surface area contributed by atoms with Crippen LogP contribution in [0.1, 0.15) is 30.5 Å². The van der Waals surface area contributed by atoms with Crippen LogP contribution in [0.4, 0.5) is 0 Å². The molecule has 1 unspecified atom stereocenters. The van der Waals surface area contributed by atoms with Crippen LogP contribution in [0.3, 0.4) is 0 Å². The van der Waals surface area contributed by atoms with Gasteiger partial charge in [-0.25, -0.2) is 0 Å². The second-order valence-electron chi connectivity index (χ2n) is 4.64. The molecule has 0 aliphatic carbocycles. The van der Waals surface area contributed by atoms with Gasteiger partial charge < -0.3 is 10.4 Å². The summed E-state index contributed by atoms with van der Waals surface area (Å²) < 4.78 is 0. The van der Waals surface area contributed by atoms with Gasteiger partial charge in [-0.1, -0.05) is 54.4 Å². The molecule has 0 bridgehead atoms. The van der Waals surface area contributed by atoms with Gasteiger partial charge in [0.1, 0.15) is 5.75 Å². The zero-order valence-corrected chi connectivity index (χ0v) is 12.7. The summed E-state index contributed by atoms with van der Waals surface area (Å²) in [4.78, 5) is 0. The summed E-state index contributed by atoms with van der Waals surface area (Å²) >= 11 is 11.9. The maximum Gasteiger partial charge on any atom is 0.138 e. The summed E-state index contributed by atoms with van der Waals surface area (Å²) in [5.74, 6) is 0.141. The van der Waals surface area contributed by atoms with Gasteiger partial charge >= 0.3 is 0 Å². The van der Waals surface area contributed by atoms with E-state index in [2.05, 4.69) is 12.2 Å². The third-order valence-corrected chi connectivity index (χ3v) is 3.81. The summed E-state index contributed by atoms with van der Waals surface area (Å²) in [5.41, 5.74) is 1.93. The van der Waals surface area contributed by atoms with Crippen LogP contribution in [-0.4, -0.2) is 5.11 Å². The average molecular weight is 310 g/mol. The molecule has 0 saturated carbocycles. The summed E-state index contributed by atoms with van der Waals surface area (Å²) in [6, 6.07) is 13.4. The molecule has 2 aromatic rings. The zero-order chi connectivity index (χ0) is 14.5. The van der Waals surface area contributed by atoms with Gasteiger partial charge in [0.2, 0.25) is 0 Å². The number of aromatic hydroxyl groups is 1. The normalized spacial score (nSPS) is 12.3. The number of nitrogens with one attached hydrogen (secondary N) is 1. The van der Waals surface area contributed by atoms with Crippen molar-refractivity contribution in [2.75, 3.05) is 0 Å². The molecule has 0 aliphatic heterocycles. The van der Waals surface area contributed by atoms with Gasteiger partial charge in [-0.15, -0.1) is 0 Å². The Morgan fingerprint density at radius 2 is 1.90 bits per heavy atom. The lowest BCUT2D eigenvalue weighted by Gasteiger charge is -2.18. The van der Waals surface area contributed by atoms with Crippen LogP contribution in [0.5, 0.6) is 5.75 Å². The molecule has 0 heterocycles. The van der Waals surface area contributed by atoms with Crippen molar-refractivity contribution in [1.82, 2.24) is 5.32 Å². The fourth-order valence-electron chi connectivity index (χ4n) is 2.16. The molecule has 0 aromatic heterocycles. The molecular weight excluding hydrogens is 293 g/mol. The van der Waals surface area contributed by atoms with Gasteiger partial charge in [-0.2, -0.15) is 0 Å². The van der Waals surface area contributed by atoms with Crippen molar-refractivity contribution in [3.05, 3.63) is 63.6 Å². The molecule has 2 N–H and O–H groups in total. The van der Waals surface area contributed by atoms with E-state index in [1.165, 1.54) is 0 Å². The van der Waals surface area contributed by atoms with Crippen molar-refractivity contribution < 1.29 is 5.11 Å². The number of benzene rings is 2. The Morgan fingerprint density at radius 3 is 2.60 bits per heavy atom. The Kier molecular flexibility index (Phi) is 5.30. The van der Waals surface area contributed by atoms with Gasteiger partial charge in [0.15, 0.2) is 0 Å². The molecule has 1 atom stereocenters. The smallest absolute Gasteiger partial charge is 0.138 e. The molecule has 20 heavy (non-hydrogen) atoms. The van der Waals surface area contributed by atoms with E-state index in [1.807, 2.05) is 36.4 Å². The largest absolute Gasteiger partial charge is 0.506 e. The molecule has 0 radical (unpaired) electrons. The van der Waals surface area contributed by atoms with Crippen LogP contribution < -0.4 is 5.32 Å². The Morgan fingerprint density at radius 1 is 1.15 bits per heavy atom. The number of rotatable bonds is 5. The first-order valence-electron chi connectivity index (χ1n) is 6.57. The maximum atomic E-state index is 9.90. The molecular formula is C16H17Cl2NO. The number of phenolic OH excluding ortho intramolecular Hbond substituents is 1. The fourth-order valence-corrected chi connectivity index (χ4v) is 2.55. The van der Waals surface area contributed by atoms with Crippen LogP contribution in [0, 0.1) is 0 Å². The minimum absolute atomic E-state index is 0.141. The van der Waals surface area contributed by atoms with Gasteiger partial charge in [0.05, 0.1) is 5.02 Å². The number of hydrogen-bond donors (Lipinski definition) is 2. The third kappa shape index (κ3) is 3.66. The highest BCUT2D eigenvalue weighted by atomic mass is 35.5. The van der Waals surface area contributed by atoms with Crippen molar-refractivity contribution in [1.29, 1.82) is 0 Å². The standard InChI is InChI=1S/C16H17Cl2NO/c1-2-15(11-5-3-7-13(17)9-11)19-10-12-6-4-8-14(18)16(12)20/h3-9,15,19-20H,2,10H2,1H3. The zero-order valence-electron chi connectivity index (χ0n) is 11.2. The summed E-state index contributed by atoms with van der Waals surface area (Å²) in [6.07, 6.45) is 0.932. The number of para-hydroxylation sites is 1. The quantitative estimate of drug-likeness (QED) is 0.820. The van der Waals surface area contributed by atoms with Crippen LogP contribution in [-0.2, 0) is 6.54 Å². The van der Waals surface area contributed by atoms with E-state index in [-0.39, 0.29) is 11.8 Å². The molecule has 2 aromatic carbocycles. The topological polar surface area (TPSA) is 32.3 Å². The highest BCUT2D eigenvalue weighted by Crippen LogP contribution is 2.28. The highest BCUT2D eigenvalue weighted by molar-refractivity contribution is 6.32. The molecule has 0 aliphatic rings. The van der Waals surface area contributed by atoms with Crippen molar-refractivity contribution in [2.24, 2.45) is 0 Å². The Hall–Kier alpha value is -1.22. The van der Waals surface area contributed by atoms with Gasteiger partial charge in [-0.05, 0) is 30.2 Å². The first-order valence-corrected chi connectivity index (χ1v) is 7.32. The van der Waals surface area contributed by atoms with Crippen molar-refractivity contribution in [3.63, 3.8) is 0 Å². The number of hydrogen-bond acceptors (Lipinski definition) is 2. The second-order valence-corrected chi connectivity index (χ2v) is 5.49. The van der Waals surface area contributed by atoms with E-state index >= 15 is 0 Å². The minimum Gasteiger partial charge on any atom is -0.506 e. The first-order chi connectivity index (χ1) is 9.61. The second kappa shape index (κ2) is 6.98. The van der Waals surface area contributed by atoms with Crippen LogP contribution in [0.2, 0.25) is 10.0 Å². The number of phenols is 1. The first kappa shape index (κ1) is 15.2. The monoisotopic (exact) mass is 309 g/mol. The lowest BCUT2D eigenvalue weighted by molar-refractivity contribution is 0.455. The van der Waals surface area contributed by atoms with E-state index < -0.39 is 0 Å². The van der Waals surface area contributed by atoms with Crippen LogP contribution >= 0.6 is 23.2 Å².